The van der Waals surface area contributed by atoms with E-state index in [0.29, 0.717) is 0 Å². The van der Waals surface area contributed by atoms with Crippen molar-refractivity contribution in [3.8, 4) is 0 Å². The Kier molecular flexibility index (Phi) is 19.3. The average Bonchev–Trinajstić information content (AvgIpc) is 2.75. The smallest absolute Gasteiger partial charge is 0.310 e. The summed E-state index contributed by atoms with van der Waals surface area (Å²) in [6, 6.07) is 0. The molecule has 3 saturated carbocycles. The van der Waals surface area contributed by atoms with E-state index in [1.165, 1.54) is 50.7 Å². The zero-order chi connectivity index (χ0) is 24.6. The molecule has 0 aromatic carbocycles. The van der Waals surface area contributed by atoms with Gasteiger partial charge in [0.2, 0.25) is 0 Å². The minimum absolute atomic E-state index is 0. The Morgan fingerprint density at radius 2 is 0.941 bits per heavy atom. The van der Waals surface area contributed by atoms with Crippen molar-refractivity contribution in [2.45, 2.75) is 141 Å². The fraction of sp³-hybridized carbons (Fsp3) is 0.815. The van der Waals surface area contributed by atoms with Crippen molar-refractivity contribution in [2.24, 2.45) is 0 Å². The first-order valence-corrected chi connectivity index (χ1v) is 14.9. The van der Waals surface area contributed by atoms with Crippen molar-refractivity contribution in [3.63, 3.8) is 0 Å². The molecule has 0 amide bonds. The van der Waals surface area contributed by atoms with Gasteiger partial charge in [-0.25, -0.2) is 0 Å². The molecule has 0 spiro atoms. The molecule has 5 nitrogen and oxygen atoms in total. The van der Waals surface area contributed by atoms with Crippen LogP contribution in [-0.2, 0) is 39.5 Å². The molecule has 0 aromatic heterocycles. The number of rotatable bonds is 4. The van der Waals surface area contributed by atoms with Crippen molar-refractivity contribution >= 4 is 25.6 Å². The van der Waals surface area contributed by atoms with Gasteiger partial charge in [0, 0.05) is 48.3 Å². The number of ether oxygens (including phenoxy) is 1. The quantitative estimate of drug-likeness (QED) is 0.0927. The maximum absolute atomic E-state index is 10.0. The minimum Gasteiger partial charge on any atom is -0.512 e. The van der Waals surface area contributed by atoms with E-state index in [9.17, 15) is 14.4 Å². The summed E-state index contributed by atoms with van der Waals surface area (Å²) in [7, 11) is -0.0465. The molecule has 3 aliphatic rings. The van der Waals surface area contributed by atoms with Crippen LogP contribution in [0.4, 0.5) is 0 Å². The van der Waals surface area contributed by atoms with Gasteiger partial charge in [-0.05, 0) is 90.9 Å². The summed E-state index contributed by atoms with van der Waals surface area (Å²) in [6.45, 7) is 5.21. The van der Waals surface area contributed by atoms with Crippen LogP contribution in [0.15, 0.2) is 11.8 Å². The van der Waals surface area contributed by atoms with Crippen LogP contribution < -0.4 is 0 Å². The van der Waals surface area contributed by atoms with Crippen molar-refractivity contribution in [1.82, 2.24) is 0 Å². The molecule has 0 heterocycles. The van der Waals surface area contributed by atoms with Crippen molar-refractivity contribution in [3.05, 3.63) is 11.8 Å². The third kappa shape index (κ3) is 15.4. The second-order valence-corrected chi connectivity index (χ2v) is 13.4. The number of esters is 2. The van der Waals surface area contributed by atoms with E-state index >= 15 is 0 Å². The molecule has 3 fully saturated rings. The van der Waals surface area contributed by atoms with Crippen LogP contribution in [0.3, 0.4) is 0 Å². The average molecular weight is 590 g/mol. The number of carbonyl (C=O) groups excluding carboxylic acids is 3. The van der Waals surface area contributed by atoms with Gasteiger partial charge in [-0.2, -0.15) is 0 Å². The van der Waals surface area contributed by atoms with Gasteiger partial charge in [0.25, 0.3) is 0 Å². The van der Waals surface area contributed by atoms with E-state index in [1.807, 2.05) is 0 Å². The van der Waals surface area contributed by atoms with Crippen molar-refractivity contribution < 1.29 is 44.6 Å². The normalized spacial score (nSPS) is 20.1. The van der Waals surface area contributed by atoms with Crippen molar-refractivity contribution in [1.29, 1.82) is 0 Å². The molecule has 7 heteroatoms. The molecule has 3 aliphatic carbocycles. The molecular formula is C27H48O5PPd+. The van der Waals surface area contributed by atoms with E-state index in [-0.39, 0.29) is 39.9 Å². The van der Waals surface area contributed by atoms with E-state index in [1.54, 1.807) is 96.3 Å². The summed E-state index contributed by atoms with van der Waals surface area (Å²) in [5.41, 5.74) is 3.68. The van der Waals surface area contributed by atoms with Gasteiger partial charge in [0.05, 0.1) is 22.7 Å². The fourth-order valence-electron chi connectivity index (χ4n) is 5.80. The molecule has 0 aliphatic heterocycles. The van der Waals surface area contributed by atoms with Gasteiger partial charge in [-0.1, -0.05) is 19.3 Å². The molecule has 0 unspecified atom stereocenters. The van der Waals surface area contributed by atoms with Crippen LogP contribution in [0.25, 0.3) is 0 Å². The standard InChI is InChI=1S/C18H33P.C5H8O2.C4H6O3.Pd/c1-4-10-16(11-5-1)19(17-12-6-2-7-13-17)18-14-8-3-9-15-18;1-4(6)3-5(2)7;1-3(5)7-4(2)6;/h16-18H,1-15H2;3,6H,1-2H3;1-2H3;/p+1/b;4-3-;;. The van der Waals surface area contributed by atoms with Gasteiger partial charge < -0.3 is 9.84 Å². The Morgan fingerprint density at radius 1 is 0.647 bits per heavy atom. The van der Waals surface area contributed by atoms with Crippen molar-refractivity contribution in [2.75, 3.05) is 0 Å². The van der Waals surface area contributed by atoms with Gasteiger partial charge in [-0.3, -0.25) is 14.4 Å². The molecule has 200 valence electrons. The number of aliphatic hydroxyl groups is 1. The van der Waals surface area contributed by atoms with Crippen LogP contribution in [-0.4, -0.2) is 39.8 Å². The van der Waals surface area contributed by atoms with E-state index in [4.69, 9.17) is 5.11 Å². The van der Waals surface area contributed by atoms with Gasteiger partial charge in [0.1, 0.15) is 0 Å². The number of carbonyl (C=O) groups is 3. The molecule has 0 radical (unpaired) electrons. The Labute approximate surface area is 222 Å². The third-order valence-corrected chi connectivity index (χ3v) is 11.5. The Bertz CT molecular complexity index is 560. The summed E-state index contributed by atoms with van der Waals surface area (Å²) < 4.78 is 3.97. The van der Waals surface area contributed by atoms with Gasteiger partial charge in [-0.15, -0.1) is 0 Å². The molecule has 0 saturated heterocycles. The summed E-state index contributed by atoms with van der Waals surface area (Å²) in [4.78, 5) is 29.6. The SMILES string of the molecule is C1CCC([PH+](C2CCCCC2)C2CCCCC2)CC1.CC(=O)/C=C(/C)O.CC(=O)OC(C)=O.[Pd]. The van der Waals surface area contributed by atoms with Crippen LogP contribution >= 0.6 is 7.92 Å². The first-order chi connectivity index (χ1) is 15.7. The second-order valence-electron chi connectivity index (χ2n) is 9.99. The Morgan fingerprint density at radius 3 is 1.09 bits per heavy atom. The van der Waals surface area contributed by atoms with E-state index < -0.39 is 11.9 Å². The monoisotopic (exact) mass is 589 g/mol. The van der Waals surface area contributed by atoms with Crippen LogP contribution in [0.1, 0.15) is 124 Å². The van der Waals surface area contributed by atoms with Crippen LogP contribution in [0.2, 0.25) is 0 Å². The predicted molar refractivity (Wildman–Crippen MR) is 138 cm³/mol. The fourth-order valence-corrected chi connectivity index (χ4v) is 11.0. The molecule has 0 atom stereocenters. The summed E-state index contributed by atoms with van der Waals surface area (Å²) >= 11 is 0. The van der Waals surface area contributed by atoms with Gasteiger partial charge in [0.15, 0.2) is 5.78 Å². The summed E-state index contributed by atoms with van der Waals surface area (Å²) in [5.74, 6) is -1.19. The minimum atomic E-state index is -0.562. The summed E-state index contributed by atoms with van der Waals surface area (Å²) in [5, 5.41) is 8.36. The molecule has 1 N–H and O–H groups in total. The number of aliphatic hydroxyl groups excluding tert-OH is 1. The molecule has 0 bridgehead atoms. The molecular weight excluding hydrogens is 542 g/mol. The van der Waals surface area contributed by atoms with E-state index in [2.05, 4.69) is 4.74 Å². The van der Waals surface area contributed by atoms with Crippen LogP contribution in [0, 0.1) is 0 Å². The molecule has 3 rings (SSSR count). The topological polar surface area (TPSA) is 80.7 Å². The first-order valence-electron chi connectivity index (χ1n) is 13.1. The zero-order valence-corrected chi connectivity index (χ0v) is 24.4. The Balaban J connectivity index is 0.000000609. The molecule has 34 heavy (non-hydrogen) atoms. The second kappa shape index (κ2) is 19.6. The van der Waals surface area contributed by atoms with Crippen LogP contribution in [0.5, 0.6) is 0 Å². The number of hydrogen-bond donors (Lipinski definition) is 1. The first kappa shape index (κ1) is 33.4. The predicted octanol–water partition coefficient (Wildman–Crippen LogP) is 7.33. The number of ketones is 1. The summed E-state index contributed by atoms with van der Waals surface area (Å²) in [6.07, 6.45) is 25.0. The van der Waals surface area contributed by atoms with Gasteiger partial charge >= 0.3 is 11.9 Å². The number of hydrogen-bond acceptors (Lipinski definition) is 5. The molecule has 0 aromatic rings. The third-order valence-electron chi connectivity index (χ3n) is 6.93. The maximum Gasteiger partial charge on any atom is 0.310 e. The zero-order valence-electron chi connectivity index (χ0n) is 21.8. The number of allylic oxidation sites excluding steroid dienone is 2. The Hall–Kier alpha value is -0.558. The van der Waals surface area contributed by atoms with E-state index in [0.717, 1.165) is 0 Å². The largest absolute Gasteiger partial charge is 0.512 e. The maximum atomic E-state index is 10.0.